The molecule has 1 heterocycles. The summed E-state index contributed by atoms with van der Waals surface area (Å²) in [5.41, 5.74) is 0. The van der Waals surface area contributed by atoms with Crippen LogP contribution in [0.25, 0.3) is 0 Å². The minimum Gasteiger partial charge on any atom is -0.378 e. The van der Waals surface area contributed by atoms with Gasteiger partial charge in [0.25, 0.3) is 0 Å². The van der Waals surface area contributed by atoms with Crippen molar-refractivity contribution < 1.29 is 4.74 Å². The first-order chi connectivity index (χ1) is 6.77. The Kier molecular flexibility index (Phi) is 3.89. The third-order valence-electron chi connectivity index (χ3n) is 4.01. The first-order valence-electron chi connectivity index (χ1n) is 6.03. The third-order valence-corrected chi connectivity index (χ3v) is 5.30. The van der Waals surface area contributed by atoms with Crippen molar-refractivity contribution in [3.63, 3.8) is 0 Å². The highest BCUT2D eigenvalue weighted by Crippen LogP contribution is 2.39. The van der Waals surface area contributed by atoms with Crippen molar-refractivity contribution in [3.05, 3.63) is 0 Å². The monoisotopic (exact) mass is 260 g/mol. The molecule has 2 heteroatoms. The summed E-state index contributed by atoms with van der Waals surface area (Å²) >= 11 is 3.77. The summed E-state index contributed by atoms with van der Waals surface area (Å²) in [6, 6.07) is 0. The largest absolute Gasteiger partial charge is 0.378 e. The zero-order chi connectivity index (χ0) is 9.97. The van der Waals surface area contributed by atoms with Gasteiger partial charge in [0.1, 0.15) is 0 Å². The summed E-state index contributed by atoms with van der Waals surface area (Å²) in [7, 11) is 0. The summed E-state index contributed by atoms with van der Waals surface area (Å²) in [5, 5.41) is 0. The van der Waals surface area contributed by atoms with E-state index >= 15 is 0 Å². The highest BCUT2D eigenvalue weighted by molar-refractivity contribution is 9.09. The van der Waals surface area contributed by atoms with Crippen LogP contribution in [0, 0.1) is 11.8 Å². The van der Waals surface area contributed by atoms with E-state index in [1.54, 1.807) is 0 Å². The second-order valence-corrected chi connectivity index (χ2v) is 6.10. The Labute approximate surface area is 95.7 Å². The van der Waals surface area contributed by atoms with E-state index in [2.05, 4.69) is 22.9 Å². The molecule has 2 fully saturated rings. The number of hydrogen-bond donors (Lipinski definition) is 0. The molecule has 1 saturated heterocycles. The molecule has 0 spiro atoms. The molecule has 0 bridgehead atoms. The Morgan fingerprint density at radius 3 is 2.64 bits per heavy atom. The lowest BCUT2D eigenvalue weighted by atomic mass is 9.91. The molecule has 82 valence electrons. The molecule has 0 aromatic heterocycles. The van der Waals surface area contributed by atoms with E-state index in [1.807, 2.05) is 0 Å². The maximum Gasteiger partial charge on any atom is 0.0576 e. The Bertz CT molecular complexity index is 177. The number of ether oxygens (including phenoxy) is 1. The van der Waals surface area contributed by atoms with E-state index in [0.29, 0.717) is 6.10 Å². The molecule has 0 aromatic carbocycles. The van der Waals surface area contributed by atoms with E-state index in [9.17, 15) is 0 Å². The highest BCUT2D eigenvalue weighted by atomic mass is 79.9. The van der Waals surface area contributed by atoms with Crippen LogP contribution < -0.4 is 0 Å². The van der Waals surface area contributed by atoms with Crippen molar-refractivity contribution in [1.82, 2.24) is 0 Å². The van der Waals surface area contributed by atoms with Crippen LogP contribution in [0.4, 0.5) is 0 Å². The van der Waals surface area contributed by atoms with Crippen molar-refractivity contribution in [1.29, 1.82) is 0 Å². The lowest BCUT2D eigenvalue weighted by Gasteiger charge is -2.18. The van der Waals surface area contributed by atoms with Crippen molar-refractivity contribution >= 4 is 15.9 Å². The molecular formula is C12H21BrO. The van der Waals surface area contributed by atoms with Gasteiger partial charge in [-0.25, -0.2) is 0 Å². The second kappa shape index (κ2) is 4.98. The van der Waals surface area contributed by atoms with Crippen molar-refractivity contribution in [2.24, 2.45) is 11.8 Å². The summed E-state index contributed by atoms with van der Waals surface area (Å²) in [4.78, 5) is 0.775. The van der Waals surface area contributed by atoms with Gasteiger partial charge in [-0.2, -0.15) is 0 Å². The van der Waals surface area contributed by atoms with Crippen LogP contribution in [-0.4, -0.2) is 17.5 Å². The molecule has 0 radical (unpaired) electrons. The normalized spacial score (nSPS) is 43.3. The summed E-state index contributed by atoms with van der Waals surface area (Å²) in [6.07, 6.45) is 8.66. The molecular weight excluding hydrogens is 240 g/mol. The Balaban J connectivity index is 1.70. The maximum absolute atomic E-state index is 5.66. The molecule has 2 aliphatic rings. The zero-order valence-corrected chi connectivity index (χ0v) is 10.6. The molecule has 0 N–H and O–H groups in total. The first kappa shape index (κ1) is 10.9. The van der Waals surface area contributed by atoms with E-state index in [0.717, 1.165) is 23.3 Å². The zero-order valence-electron chi connectivity index (χ0n) is 9.05. The number of halogens is 1. The van der Waals surface area contributed by atoms with Crippen LogP contribution in [-0.2, 0) is 4.74 Å². The average molecular weight is 261 g/mol. The van der Waals surface area contributed by atoms with E-state index < -0.39 is 0 Å². The smallest absolute Gasteiger partial charge is 0.0576 e. The van der Waals surface area contributed by atoms with Gasteiger partial charge in [-0.05, 0) is 50.4 Å². The average Bonchev–Trinajstić information content (AvgIpc) is 2.77. The topological polar surface area (TPSA) is 9.23 Å². The SMILES string of the molecule is CC1C(Br)CCC1CCC1CCCO1. The van der Waals surface area contributed by atoms with Gasteiger partial charge >= 0.3 is 0 Å². The minimum atomic E-state index is 0.594. The van der Waals surface area contributed by atoms with Crippen LogP contribution >= 0.6 is 15.9 Å². The molecule has 0 amide bonds. The van der Waals surface area contributed by atoms with Gasteiger partial charge in [-0.15, -0.1) is 0 Å². The van der Waals surface area contributed by atoms with Gasteiger partial charge < -0.3 is 4.74 Å². The predicted molar refractivity (Wildman–Crippen MR) is 62.8 cm³/mol. The van der Waals surface area contributed by atoms with Crippen LogP contribution in [0.2, 0.25) is 0 Å². The fourth-order valence-corrected chi connectivity index (χ4v) is 3.57. The highest BCUT2D eigenvalue weighted by Gasteiger charge is 2.31. The lowest BCUT2D eigenvalue weighted by molar-refractivity contribution is 0.0965. The number of alkyl halides is 1. The van der Waals surface area contributed by atoms with Gasteiger partial charge in [0, 0.05) is 11.4 Å². The van der Waals surface area contributed by atoms with Gasteiger partial charge in [-0.3, -0.25) is 0 Å². The van der Waals surface area contributed by atoms with Crippen molar-refractivity contribution in [3.8, 4) is 0 Å². The molecule has 0 aromatic rings. The van der Waals surface area contributed by atoms with Gasteiger partial charge in [-0.1, -0.05) is 22.9 Å². The van der Waals surface area contributed by atoms with Crippen LogP contribution in [0.5, 0.6) is 0 Å². The minimum absolute atomic E-state index is 0.594. The first-order valence-corrected chi connectivity index (χ1v) is 6.94. The van der Waals surface area contributed by atoms with Crippen molar-refractivity contribution in [2.75, 3.05) is 6.61 Å². The molecule has 4 atom stereocenters. The number of hydrogen-bond acceptors (Lipinski definition) is 1. The van der Waals surface area contributed by atoms with Crippen LogP contribution in [0.15, 0.2) is 0 Å². The maximum atomic E-state index is 5.66. The van der Waals surface area contributed by atoms with Crippen LogP contribution in [0.1, 0.15) is 45.4 Å². The van der Waals surface area contributed by atoms with Gasteiger partial charge in [0.05, 0.1) is 6.10 Å². The Morgan fingerprint density at radius 1 is 1.21 bits per heavy atom. The number of rotatable bonds is 3. The van der Waals surface area contributed by atoms with E-state index in [4.69, 9.17) is 4.74 Å². The Hall–Kier alpha value is 0.440. The molecule has 2 rings (SSSR count). The summed E-state index contributed by atoms with van der Waals surface area (Å²) in [5.74, 6) is 1.82. The summed E-state index contributed by atoms with van der Waals surface area (Å²) in [6.45, 7) is 3.40. The summed E-state index contributed by atoms with van der Waals surface area (Å²) < 4.78 is 5.66. The van der Waals surface area contributed by atoms with Gasteiger partial charge in [0.2, 0.25) is 0 Å². The fraction of sp³-hybridized carbons (Fsp3) is 1.00. The predicted octanol–water partition coefficient (Wildman–Crippen LogP) is 3.76. The molecule has 1 aliphatic carbocycles. The molecule has 1 aliphatic heterocycles. The second-order valence-electron chi connectivity index (χ2n) is 4.92. The molecule has 1 nitrogen and oxygen atoms in total. The molecule has 1 saturated carbocycles. The molecule has 4 unspecified atom stereocenters. The lowest BCUT2D eigenvalue weighted by Crippen LogP contribution is -2.13. The van der Waals surface area contributed by atoms with E-state index in [-0.39, 0.29) is 0 Å². The Morgan fingerprint density at radius 2 is 2.07 bits per heavy atom. The van der Waals surface area contributed by atoms with Crippen molar-refractivity contribution in [2.45, 2.75) is 56.4 Å². The van der Waals surface area contributed by atoms with E-state index in [1.165, 1.54) is 38.5 Å². The third kappa shape index (κ3) is 2.52. The van der Waals surface area contributed by atoms with Gasteiger partial charge in [0.15, 0.2) is 0 Å². The fourth-order valence-electron chi connectivity index (χ4n) is 2.87. The standard InChI is InChI=1S/C12H21BrO/c1-9-10(5-7-12(9)13)4-6-11-3-2-8-14-11/h9-12H,2-8H2,1H3. The molecule has 14 heavy (non-hydrogen) atoms. The quantitative estimate of drug-likeness (QED) is 0.703. The van der Waals surface area contributed by atoms with Crippen LogP contribution in [0.3, 0.4) is 0 Å².